The lowest BCUT2D eigenvalue weighted by Gasteiger charge is -2.35. The fourth-order valence-electron chi connectivity index (χ4n) is 3.40. The first-order valence-corrected chi connectivity index (χ1v) is 8.62. The fourth-order valence-corrected chi connectivity index (χ4v) is 3.97. The second-order valence-corrected chi connectivity index (χ2v) is 7.73. The number of hydrogen-bond donors (Lipinski definition) is 1. The molecule has 1 heterocycles. The van der Waals surface area contributed by atoms with Crippen LogP contribution in [0.2, 0.25) is 0 Å². The molecule has 1 aromatic rings. The van der Waals surface area contributed by atoms with E-state index in [4.69, 9.17) is 0 Å². The van der Waals surface area contributed by atoms with E-state index >= 15 is 0 Å². The lowest BCUT2D eigenvalue weighted by Crippen LogP contribution is -2.27. The molecule has 0 saturated carbocycles. The van der Waals surface area contributed by atoms with Crippen molar-refractivity contribution in [1.82, 2.24) is 4.57 Å². The van der Waals surface area contributed by atoms with Gasteiger partial charge in [0, 0.05) is 23.0 Å². The van der Waals surface area contributed by atoms with Gasteiger partial charge in [-0.1, -0.05) is 13.8 Å². The number of aliphatic hydroxyl groups is 1. The van der Waals surface area contributed by atoms with Gasteiger partial charge in [0.1, 0.15) is 0 Å². The average Bonchev–Trinajstić information content (AvgIpc) is 2.61. The number of thioether (sulfide) groups is 1. The van der Waals surface area contributed by atoms with Gasteiger partial charge in [-0.25, -0.2) is 0 Å². The molecule has 108 valence electrons. The molecule has 1 N–H and O–H groups in total. The summed E-state index contributed by atoms with van der Waals surface area (Å²) in [6, 6.07) is 2.72. The predicted octanol–water partition coefficient (Wildman–Crippen LogP) is 4.12. The van der Waals surface area contributed by atoms with Gasteiger partial charge in [0.25, 0.3) is 0 Å². The Morgan fingerprint density at radius 1 is 1.53 bits per heavy atom. The van der Waals surface area contributed by atoms with Crippen LogP contribution in [-0.2, 0) is 6.42 Å². The molecule has 3 heteroatoms. The van der Waals surface area contributed by atoms with Gasteiger partial charge in [-0.2, -0.15) is 11.8 Å². The minimum absolute atomic E-state index is 0.203. The van der Waals surface area contributed by atoms with Gasteiger partial charge in [0.15, 0.2) is 0 Å². The van der Waals surface area contributed by atoms with Crippen molar-refractivity contribution in [2.45, 2.75) is 59.1 Å². The van der Waals surface area contributed by atoms with Crippen molar-refractivity contribution in [1.29, 1.82) is 0 Å². The minimum atomic E-state index is -0.286. The van der Waals surface area contributed by atoms with Gasteiger partial charge in [-0.15, -0.1) is 0 Å². The Morgan fingerprint density at radius 3 is 2.84 bits per heavy atom. The van der Waals surface area contributed by atoms with Crippen LogP contribution in [0.5, 0.6) is 0 Å². The van der Waals surface area contributed by atoms with Crippen LogP contribution in [-0.4, -0.2) is 21.7 Å². The largest absolute Gasteiger partial charge is 0.388 e. The molecule has 0 radical (unpaired) electrons. The highest BCUT2D eigenvalue weighted by molar-refractivity contribution is 7.98. The molecule has 0 amide bonds. The molecule has 19 heavy (non-hydrogen) atoms. The maximum atomic E-state index is 10.4. The van der Waals surface area contributed by atoms with Crippen molar-refractivity contribution in [3.63, 3.8) is 0 Å². The number of fused-ring (bicyclic) bond motifs is 1. The lowest BCUT2D eigenvalue weighted by atomic mass is 9.75. The lowest BCUT2D eigenvalue weighted by molar-refractivity contribution is 0.0975. The van der Waals surface area contributed by atoms with E-state index in [1.807, 2.05) is 11.8 Å². The summed E-state index contributed by atoms with van der Waals surface area (Å²) in [7, 11) is 0. The van der Waals surface area contributed by atoms with E-state index in [2.05, 4.69) is 44.6 Å². The molecule has 1 aliphatic carbocycles. The molecular formula is C16H27NOS. The summed E-state index contributed by atoms with van der Waals surface area (Å²) in [6.07, 6.45) is 5.03. The first-order valence-electron chi connectivity index (χ1n) is 7.23. The third-order valence-corrected chi connectivity index (χ3v) is 4.94. The van der Waals surface area contributed by atoms with E-state index in [0.29, 0.717) is 6.04 Å². The van der Waals surface area contributed by atoms with Crippen molar-refractivity contribution >= 4 is 11.8 Å². The Bertz CT molecular complexity index is 450. The average molecular weight is 281 g/mol. The molecule has 2 nitrogen and oxygen atoms in total. The molecule has 0 fully saturated rings. The van der Waals surface area contributed by atoms with E-state index in [9.17, 15) is 5.11 Å². The Labute approximate surface area is 121 Å². The molecule has 2 rings (SSSR count). The van der Waals surface area contributed by atoms with Gasteiger partial charge in [-0.05, 0) is 56.6 Å². The second kappa shape index (κ2) is 5.53. The summed E-state index contributed by atoms with van der Waals surface area (Å²) in [4.78, 5) is 0. The van der Waals surface area contributed by atoms with Gasteiger partial charge < -0.3 is 9.67 Å². The van der Waals surface area contributed by atoms with Gasteiger partial charge in [0.05, 0.1) is 6.10 Å². The van der Waals surface area contributed by atoms with Gasteiger partial charge in [0.2, 0.25) is 0 Å². The van der Waals surface area contributed by atoms with Crippen LogP contribution in [0.3, 0.4) is 0 Å². The van der Waals surface area contributed by atoms with E-state index in [-0.39, 0.29) is 11.5 Å². The van der Waals surface area contributed by atoms with Crippen molar-refractivity contribution in [2.24, 2.45) is 5.41 Å². The topological polar surface area (TPSA) is 25.2 Å². The summed E-state index contributed by atoms with van der Waals surface area (Å²) in [6.45, 7) is 9.00. The fraction of sp³-hybridized carbons (Fsp3) is 0.750. The highest BCUT2D eigenvalue weighted by Crippen LogP contribution is 2.43. The third kappa shape index (κ3) is 3.03. The van der Waals surface area contributed by atoms with Crippen LogP contribution in [0.15, 0.2) is 6.07 Å². The quantitative estimate of drug-likeness (QED) is 0.898. The SMILES string of the molecule is CSCCC(C)n1c(C)cc2c1CC(C)(C)CC2O. The Balaban J connectivity index is 2.35. The number of rotatable bonds is 4. The van der Waals surface area contributed by atoms with Crippen LogP contribution in [0.1, 0.15) is 62.7 Å². The van der Waals surface area contributed by atoms with Crippen LogP contribution >= 0.6 is 11.8 Å². The van der Waals surface area contributed by atoms with E-state index in [1.165, 1.54) is 29.1 Å². The van der Waals surface area contributed by atoms with Crippen LogP contribution in [0.25, 0.3) is 0 Å². The number of aryl methyl sites for hydroxylation is 1. The molecular weight excluding hydrogens is 254 g/mol. The molecule has 1 aromatic heterocycles. The van der Waals surface area contributed by atoms with Gasteiger partial charge >= 0.3 is 0 Å². The normalized spacial score (nSPS) is 23.2. The Hall–Kier alpha value is -0.410. The first kappa shape index (κ1) is 15.0. The number of hydrogen-bond acceptors (Lipinski definition) is 2. The number of aliphatic hydroxyl groups excluding tert-OH is 1. The Morgan fingerprint density at radius 2 is 2.21 bits per heavy atom. The molecule has 0 spiro atoms. The maximum Gasteiger partial charge on any atom is 0.0812 e. The number of nitrogens with zero attached hydrogens (tertiary/aromatic N) is 1. The molecule has 2 unspecified atom stereocenters. The standard InChI is InChI=1S/C16H27NOS/c1-11(6-7-19-5)17-12(2)8-13-14(17)9-16(3,4)10-15(13)18/h8,11,15,18H,6-7,9-10H2,1-5H3. The zero-order chi connectivity index (χ0) is 14.2. The third-order valence-electron chi connectivity index (χ3n) is 4.30. The minimum Gasteiger partial charge on any atom is -0.388 e. The predicted molar refractivity (Wildman–Crippen MR) is 83.9 cm³/mol. The number of aromatic nitrogens is 1. The maximum absolute atomic E-state index is 10.4. The van der Waals surface area contributed by atoms with Crippen molar-refractivity contribution in [2.75, 3.05) is 12.0 Å². The van der Waals surface area contributed by atoms with E-state index < -0.39 is 0 Å². The molecule has 0 aliphatic heterocycles. The highest BCUT2D eigenvalue weighted by atomic mass is 32.2. The first-order chi connectivity index (χ1) is 8.85. The zero-order valence-electron chi connectivity index (χ0n) is 12.9. The van der Waals surface area contributed by atoms with Crippen molar-refractivity contribution < 1.29 is 5.11 Å². The van der Waals surface area contributed by atoms with Crippen molar-refractivity contribution in [3.8, 4) is 0 Å². The zero-order valence-corrected chi connectivity index (χ0v) is 13.7. The van der Waals surface area contributed by atoms with E-state index in [0.717, 1.165) is 12.8 Å². The monoisotopic (exact) mass is 281 g/mol. The summed E-state index contributed by atoms with van der Waals surface area (Å²) in [5.74, 6) is 1.19. The van der Waals surface area contributed by atoms with Crippen LogP contribution in [0, 0.1) is 12.3 Å². The smallest absolute Gasteiger partial charge is 0.0812 e. The molecule has 1 aliphatic rings. The summed E-state index contributed by atoms with van der Waals surface area (Å²) in [5, 5.41) is 10.4. The molecule has 2 atom stereocenters. The van der Waals surface area contributed by atoms with Crippen LogP contribution < -0.4 is 0 Å². The summed E-state index contributed by atoms with van der Waals surface area (Å²) < 4.78 is 2.47. The molecule has 0 bridgehead atoms. The second-order valence-electron chi connectivity index (χ2n) is 6.75. The van der Waals surface area contributed by atoms with E-state index in [1.54, 1.807) is 0 Å². The van der Waals surface area contributed by atoms with Crippen LogP contribution in [0.4, 0.5) is 0 Å². The van der Waals surface area contributed by atoms with Gasteiger partial charge in [-0.3, -0.25) is 0 Å². The highest BCUT2D eigenvalue weighted by Gasteiger charge is 2.34. The summed E-state index contributed by atoms with van der Waals surface area (Å²) in [5.41, 5.74) is 4.05. The molecule has 0 aromatic carbocycles. The van der Waals surface area contributed by atoms with Crippen molar-refractivity contribution in [3.05, 3.63) is 23.0 Å². The summed E-state index contributed by atoms with van der Waals surface area (Å²) >= 11 is 1.91. The molecule has 0 saturated heterocycles. The Kier molecular flexibility index (Phi) is 4.36.